The van der Waals surface area contributed by atoms with Gasteiger partial charge in [0.15, 0.2) is 18.1 Å². The van der Waals surface area contributed by atoms with E-state index in [1.807, 2.05) is 0 Å². The van der Waals surface area contributed by atoms with Crippen LogP contribution in [0.1, 0.15) is 16.1 Å². The van der Waals surface area contributed by atoms with Crippen molar-refractivity contribution in [2.45, 2.75) is 6.18 Å². The Bertz CT molecular complexity index is 1030. The van der Waals surface area contributed by atoms with Crippen LogP contribution in [0.5, 0.6) is 17.4 Å². The summed E-state index contributed by atoms with van der Waals surface area (Å²) < 4.78 is 61.0. The van der Waals surface area contributed by atoms with E-state index in [9.17, 15) is 22.5 Å². The average Bonchev–Trinajstić information content (AvgIpc) is 3.09. The third-order valence-electron chi connectivity index (χ3n) is 3.39. The van der Waals surface area contributed by atoms with Crippen molar-refractivity contribution in [1.82, 2.24) is 14.6 Å². The second-order valence-electron chi connectivity index (χ2n) is 5.41. The van der Waals surface area contributed by atoms with Crippen molar-refractivity contribution < 1.29 is 36.9 Å². The molecule has 0 saturated carbocycles. The van der Waals surface area contributed by atoms with Gasteiger partial charge in [-0.15, -0.1) is 0 Å². The van der Waals surface area contributed by atoms with Crippen LogP contribution in [0.4, 0.5) is 17.7 Å². The van der Waals surface area contributed by atoms with E-state index < -0.39 is 18.8 Å². The van der Waals surface area contributed by atoms with Gasteiger partial charge in [0.25, 0.3) is 5.88 Å². The summed E-state index contributed by atoms with van der Waals surface area (Å²) in [5.41, 5.74) is 0.505. The Kier molecular flexibility index (Phi) is 5.16. The molecule has 0 unspecified atom stereocenters. The Balaban J connectivity index is 1.89. The Labute approximate surface area is 154 Å². The molecule has 0 aliphatic rings. The van der Waals surface area contributed by atoms with Crippen molar-refractivity contribution in [3.05, 3.63) is 54.5 Å². The fourth-order valence-corrected chi connectivity index (χ4v) is 2.19. The molecule has 0 aromatic carbocycles. The maximum Gasteiger partial charge on any atom is 0.422 e. The van der Waals surface area contributed by atoms with Gasteiger partial charge in [-0.25, -0.2) is 19.2 Å². The zero-order chi connectivity index (χ0) is 20.3. The van der Waals surface area contributed by atoms with Crippen LogP contribution < -0.4 is 9.47 Å². The Morgan fingerprint density at radius 1 is 1.29 bits per heavy atom. The summed E-state index contributed by atoms with van der Waals surface area (Å²) in [6.07, 6.45) is -0.413. The lowest BCUT2D eigenvalue weighted by atomic mass is 10.2. The molecular weight excluding hydrogens is 386 g/mol. The molecule has 11 heteroatoms. The molecule has 28 heavy (non-hydrogen) atoms. The van der Waals surface area contributed by atoms with Crippen molar-refractivity contribution in [3.63, 3.8) is 0 Å². The van der Waals surface area contributed by atoms with Crippen LogP contribution in [-0.2, 0) is 4.94 Å². The molecule has 0 N–H and O–H groups in total. The first-order valence-corrected chi connectivity index (χ1v) is 7.61. The smallest absolute Gasteiger partial charge is 0.422 e. The minimum absolute atomic E-state index is 0.170. The molecule has 0 aliphatic carbocycles. The van der Waals surface area contributed by atoms with Crippen LogP contribution in [-0.4, -0.2) is 33.4 Å². The quantitative estimate of drug-likeness (QED) is 0.582. The van der Waals surface area contributed by atoms with Gasteiger partial charge in [0.1, 0.15) is 5.75 Å². The van der Waals surface area contributed by atoms with E-state index in [1.54, 1.807) is 0 Å². The van der Waals surface area contributed by atoms with Gasteiger partial charge in [-0.1, -0.05) is 12.7 Å². The van der Waals surface area contributed by atoms with Gasteiger partial charge in [0.2, 0.25) is 0 Å². The average molecular weight is 397 g/mol. The predicted octanol–water partition coefficient (Wildman–Crippen LogP) is 4.15. The van der Waals surface area contributed by atoms with Crippen molar-refractivity contribution in [2.24, 2.45) is 0 Å². The van der Waals surface area contributed by atoms with Gasteiger partial charge in [0.05, 0.1) is 5.52 Å². The monoisotopic (exact) mass is 397 g/mol. The molecule has 0 saturated heterocycles. The van der Waals surface area contributed by atoms with Crippen LogP contribution in [0.2, 0.25) is 0 Å². The SMILES string of the molecule is C=Cc1cnc(Oc2ccn3nc(C(=O)OF)cc3c2)c(OCC(F)(F)F)c1. The number of fused-ring (bicyclic) bond motifs is 1. The highest BCUT2D eigenvalue weighted by Gasteiger charge is 2.29. The Morgan fingerprint density at radius 3 is 2.75 bits per heavy atom. The number of hydrogen-bond acceptors (Lipinski definition) is 6. The van der Waals surface area contributed by atoms with Crippen molar-refractivity contribution in [3.8, 4) is 17.4 Å². The Hall–Kier alpha value is -3.63. The lowest BCUT2D eigenvalue weighted by Crippen LogP contribution is -2.19. The zero-order valence-electron chi connectivity index (χ0n) is 13.9. The summed E-state index contributed by atoms with van der Waals surface area (Å²) in [5.74, 6) is -1.54. The molecule has 0 aliphatic heterocycles. The number of pyridine rings is 2. The summed E-state index contributed by atoms with van der Waals surface area (Å²) in [5, 5.41) is 3.80. The second kappa shape index (κ2) is 7.55. The lowest BCUT2D eigenvalue weighted by molar-refractivity contribution is -0.153. The van der Waals surface area contributed by atoms with Crippen LogP contribution in [0.25, 0.3) is 11.6 Å². The fraction of sp³-hybridized carbons (Fsp3) is 0.118. The predicted molar refractivity (Wildman–Crippen MR) is 87.7 cm³/mol. The first-order valence-electron chi connectivity index (χ1n) is 7.61. The van der Waals surface area contributed by atoms with Gasteiger partial charge in [-0.3, -0.25) is 0 Å². The maximum atomic E-state index is 12.5. The molecule has 0 fully saturated rings. The zero-order valence-corrected chi connectivity index (χ0v) is 13.9. The number of alkyl halides is 3. The van der Waals surface area contributed by atoms with Crippen LogP contribution in [0.3, 0.4) is 0 Å². The standard InChI is InChI=1S/C17H11F4N3O4/c1-2-10-5-14(26-9-17(18,19)20)15(22-8-10)27-12-3-4-24-11(6-12)7-13(23-24)16(25)28-21/h2-8H,1,9H2. The van der Waals surface area contributed by atoms with E-state index >= 15 is 0 Å². The van der Waals surface area contributed by atoms with Gasteiger partial charge >= 0.3 is 12.1 Å². The van der Waals surface area contributed by atoms with Crippen LogP contribution in [0.15, 0.2) is 43.2 Å². The summed E-state index contributed by atoms with van der Waals surface area (Å²) in [6, 6.07) is 5.37. The molecular formula is C17H11F4N3O4. The van der Waals surface area contributed by atoms with Crippen molar-refractivity contribution in [1.29, 1.82) is 0 Å². The summed E-state index contributed by atoms with van der Waals surface area (Å²) >= 11 is 0. The van der Waals surface area contributed by atoms with E-state index in [1.165, 1.54) is 47.3 Å². The Morgan fingerprint density at radius 2 is 2.07 bits per heavy atom. The lowest BCUT2D eigenvalue weighted by Gasteiger charge is -2.13. The normalized spacial score (nSPS) is 11.3. The maximum absolute atomic E-state index is 12.5. The van der Waals surface area contributed by atoms with E-state index in [0.717, 1.165) is 0 Å². The highest BCUT2D eigenvalue weighted by Crippen LogP contribution is 2.32. The summed E-state index contributed by atoms with van der Waals surface area (Å²) in [6.45, 7) is 1.99. The van der Waals surface area contributed by atoms with Gasteiger partial charge in [0, 0.05) is 23.0 Å². The van der Waals surface area contributed by atoms with Crippen molar-refractivity contribution in [2.75, 3.05) is 6.61 Å². The number of hydrogen-bond donors (Lipinski definition) is 0. The molecule has 0 bridgehead atoms. The number of carbonyl (C=O) groups excluding carboxylic acids is 1. The fourth-order valence-electron chi connectivity index (χ4n) is 2.19. The summed E-state index contributed by atoms with van der Waals surface area (Å²) in [4.78, 5) is 18.2. The first kappa shape index (κ1) is 19.1. The van der Waals surface area contributed by atoms with Gasteiger partial charge in [-0.05, 0) is 23.8 Å². The van der Waals surface area contributed by atoms with E-state index in [4.69, 9.17) is 9.47 Å². The largest absolute Gasteiger partial charge is 0.478 e. The molecule has 3 aromatic rings. The molecule has 7 nitrogen and oxygen atoms in total. The number of nitrogens with zero attached hydrogens (tertiary/aromatic N) is 3. The molecule has 3 rings (SSSR count). The molecule has 0 atom stereocenters. The molecule has 3 heterocycles. The highest BCUT2D eigenvalue weighted by molar-refractivity contribution is 5.88. The minimum Gasteiger partial charge on any atom is -0.478 e. The molecule has 0 radical (unpaired) electrons. The number of halogens is 4. The highest BCUT2D eigenvalue weighted by atomic mass is 19.4. The number of ether oxygens (including phenoxy) is 2. The molecule has 3 aromatic heterocycles. The van der Waals surface area contributed by atoms with E-state index in [2.05, 4.69) is 21.6 Å². The number of aromatic nitrogens is 3. The number of rotatable bonds is 6. The molecule has 0 amide bonds. The van der Waals surface area contributed by atoms with Gasteiger partial charge in [-0.2, -0.15) is 18.3 Å². The molecule has 0 spiro atoms. The van der Waals surface area contributed by atoms with Crippen LogP contribution >= 0.6 is 0 Å². The summed E-state index contributed by atoms with van der Waals surface area (Å²) in [7, 11) is 0. The first-order chi connectivity index (χ1) is 13.3. The minimum atomic E-state index is -4.54. The van der Waals surface area contributed by atoms with Crippen molar-refractivity contribution >= 4 is 17.6 Å². The molecule has 146 valence electrons. The van der Waals surface area contributed by atoms with Crippen LogP contribution in [0, 0.1) is 0 Å². The van der Waals surface area contributed by atoms with Gasteiger partial charge < -0.3 is 9.47 Å². The number of carbonyl (C=O) groups is 1. The topological polar surface area (TPSA) is 75.0 Å². The van der Waals surface area contributed by atoms with E-state index in [-0.39, 0.29) is 23.1 Å². The third kappa shape index (κ3) is 4.37. The third-order valence-corrected chi connectivity index (χ3v) is 3.39. The second-order valence-corrected chi connectivity index (χ2v) is 5.41. The van der Waals surface area contributed by atoms with E-state index in [0.29, 0.717) is 11.1 Å².